The second-order valence-electron chi connectivity index (χ2n) is 8.37. The van der Waals surface area contributed by atoms with Gasteiger partial charge in [0.15, 0.2) is 5.78 Å². The van der Waals surface area contributed by atoms with Gasteiger partial charge in [0, 0.05) is 17.1 Å². The fraction of sp³-hybridized carbons (Fsp3) is 0.417. The first-order chi connectivity index (χ1) is 13.8. The van der Waals surface area contributed by atoms with Gasteiger partial charge in [-0.3, -0.25) is 4.79 Å². The molecule has 0 radical (unpaired) electrons. The van der Waals surface area contributed by atoms with Crippen molar-refractivity contribution in [2.24, 2.45) is 11.3 Å². The molecule has 0 amide bonds. The van der Waals surface area contributed by atoms with Gasteiger partial charge < -0.3 is 20.1 Å². The second-order valence-corrected chi connectivity index (χ2v) is 8.37. The maximum absolute atomic E-state index is 13.0. The van der Waals surface area contributed by atoms with E-state index in [1.165, 1.54) is 13.2 Å². The van der Waals surface area contributed by atoms with Crippen molar-refractivity contribution in [1.29, 1.82) is 0 Å². The molecule has 30 heavy (non-hydrogen) atoms. The van der Waals surface area contributed by atoms with Crippen molar-refractivity contribution in [3.63, 3.8) is 0 Å². The number of phenolic OH excluding ortho intramolecular Hbond substituents is 2. The number of hydrogen-bond acceptors (Lipinski definition) is 5. The number of benzene rings is 1. The molecule has 1 aliphatic carbocycles. The Kier molecular flexibility index (Phi) is 6.21. The number of carbonyl (C=O) groups is 2. The molecular weight excluding hydrogens is 384 g/mol. The van der Waals surface area contributed by atoms with Crippen LogP contribution in [0.3, 0.4) is 0 Å². The summed E-state index contributed by atoms with van der Waals surface area (Å²) < 4.78 is 5.55. The summed E-state index contributed by atoms with van der Waals surface area (Å²) in [5, 5.41) is 30.4. The van der Waals surface area contributed by atoms with Crippen molar-refractivity contribution in [1.82, 2.24) is 0 Å². The number of phenols is 2. The van der Waals surface area contributed by atoms with Crippen LogP contribution in [-0.4, -0.2) is 34.2 Å². The van der Waals surface area contributed by atoms with Crippen molar-refractivity contribution in [2.45, 2.75) is 48.5 Å². The van der Waals surface area contributed by atoms with E-state index in [0.717, 1.165) is 0 Å². The normalized spacial score (nSPS) is 18.9. The molecule has 1 aromatic rings. The number of ketones is 1. The highest BCUT2D eigenvalue weighted by molar-refractivity contribution is 6.08. The summed E-state index contributed by atoms with van der Waals surface area (Å²) in [6.07, 6.45) is 3.03. The minimum Gasteiger partial charge on any atom is -0.507 e. The molecule has 0 aromatic heterocycles. The summed E-state index contributed by atoms with van der Waals surface area (Å²) in [6.45, 7) is 12.2. The van der Waals surface area contributed by atoms with Crippen LogP contribution in [0.25, 0.3) is 0 Å². The van der Waals surface area contributed by atoms with Gasteiger partial charge in [0.1, 0.15) is 17.3 Å². The van der Waals surface area contributed by atoms with Gasteiger partial charge in [-0.2, -0.15) is 0 Å². The van der Waals surface area contributed by atoms with Gasteiger partial charge in [0.2, 0.25) is 0 Å². The van der Waals surface area contributed by atoms with Gasteiger partial charge >= 0.3 is 5.97 Å². The molecule has 1 aromatic carbocycles. The molecule has 0 aliphatic heterocycles. The Morgan fingerprint density at radius 1 is 0.967 bits per heavy atom. The van der Waals surface area contributed by atoms with Crippen LogP contribution in [0.15, 0.2) is 34.6 Å². The van der Waals surface area contributed by atoms with E-state index < -0.39 is 17.2 Å². The minimum absolute atomic E-state index is 0.0155. The lowest BCUT2D eigenvalue weighted by Crippen LogP contribution is -2.33. The molecule has 0 saturated heterocycles. The first kappa shape index (κ1) is 23.3. The molecular formula is C24H30O6. The van der Waals surface area contributed by atoms with E-state index in [0.29, 0.717) is 33.6 Å². The molecule has 0 saturated carbocycles. The highest BCUT2D eigenvalue weighted by Gasteiger charge is 2.41. The van der Waals surface area contributed by atoms with Crippen molar-refractivity contribution >= 4 is 11.8 Å². The Balaban J connectivity index is 2.58. The van der Waals surface area contributed by atoms with E-state index in [9.17, 15) is 24.9 Å². The lowest BCUT2D eigenvalue weighted by molar-refractivity contribution is -0.132. The van der Waals surface area contributed by atoms with Crippen LogP contribution in [0.5, 0.6) is 11.5 Å². The van der Waals surface area contributed by atoms with E-state index in [1.54, 1.807) is 40.7 Å². The summed E-state index contributed by atoms with van der Waals surface area (Å²) in [4.78, 5) is 24.7. The second kappa shape index (κ2) is 8.01. The van der Waals surface area contributed by atoms with Gasteiger partial charge in [-0.1, -0.05) is 25.5 Å². The number of allylic oxidation sites excluding steroid dienone is 3. The first-order valence-corrected chi connectivity index (χ1v) is 9.72. The number of carboxylic acid groups (broad SMARTS) is 1. The summed E-state index contributed by atoms with van der Waals surface area (Å²) in [5.74, 6) is -1.52. The van der Waals surface area contributed by atoms with Gasteiger partial charge in [-0.25, -0.2) is 4.79 Å². The third kappa shape index (κ3) is 3.51. The molecule has 0 fully saturated rings. The molecule has 1 aliphatic rings. The average molecular weight is 414 g/mol. The van der Waals surface area contributed by atoms with Crippen molar-refractivity contribution < 1.29 is 29.6 Å². The van der Waals surface area contributed by atoms with E-state index in [2.05, 4.69) is 0 Å². The van der Waals surface area contributed by atoms with Crippen LogP contribution in [0, 0.1) is 32.1 Å². The Morgan fingerprint density at radius 2 is 1.50 bits per heavy atom. The van der Waals surface area contributed by atoms with Crippen molar-refractivity contribution in [3.05, 3.63) is 56.9 Å². The van der Waals surface area contributed by atoms with Crippen LogP contribution < -0.4 is 0 Å². The predicted octanol–water partition coefficient (Wildman–Crippen LogP) is 4.74. The number of aromatic hydroxyl groups is 2. The topological polar surface area (TPSA) is 104 Å². The molecule has 6 nitrogen and oxygen atoms in total. The summed E-state index contributed by atoms with van der Waals surface area (Å²) >= 11 is 0. The minimum atomic E-state index is -1.02. The molecule has 0 heterocycles. The van der Waals surface area contributed by atoms with Crippen LogP contribution >= 0.6 is 0 Å². The highest BCUT2D eigenvalue weighted by Crippen LogP contribution is 2.48. The fourth-order valence-electron chi connectivity index (χ4n) is 4.14. The number of rotatable bonds is 5. The number of aliphatic carboxylic acids is 1. The molecule has 0 spiro atoms. The Labute approximate surface area is 177 Å². The smallest absolute Gasteiger partial charge is 0.336 e. The molecule has 1 unspecified atom stereocenters. The molecule has 2 rings (SSSR count). The predicted molar refractivity (Wildman–Crippen MR) is 115 cm³/mol. The third-order valence-corrected chi connectivity index (χ3v) is 6.51. The maximum Gasteiger partial charge on any atom is 0.336 e. The van der Waals surface area contributed by atoms with Crippen LogP contribution in [0.4, 0.5) is 0 Å². The number of carbonyl (C=O) groups excluding carboxylic acids is 1. The van der Waals surface area contributed by atoms with E-state index >= 15 is 0 Å². The zero-order chi connectivity index (χ0) is 23.1. The SMILES string of the molecule is COC1=C(C)C(C(=O)O)=C(C)C(C)(C)C1C=CC(=O)c1c(C)c(O)c(C)c(C)c1O. The Morgan fingerprint density at radius 3 is 2.00 bits per heavy atom. The van der Waals surface area contributed by atoms with Gasteiger partial charge in [-0.15, -0.1) is 0 Å². The van der Waals surface area contributed by atoms with E-state index in [-0.39, 0.29) is 28.6 Å². The van der Waals surface area contributed by atoms with Crippen LogP contribution in [-0.2, 0) is 9.53 Å². The maximum atomic E-state index is 13.0. The van der Waals surface area contributed by atoms with Crippen molar-refractivity contribution in [3.8, 4) is 11.5 Å². The fourth-order valence-corrected chi connectivity index (χ4v) is 4.14. The van der Waals surface area contributed by atoms with Gasteiger partial charge in [0.05, 0.1) is 18.2 Å². The monoisotopic (exact) mass is 414 g/mol. The zero-order valence-electron chi connectivity index (χ0n) is 18.8. The molecule has 3 N–H and O–H groups in total. The van der Waals surface area contributed by atoms with Crippen LogP contribution in [0.1, 0.15) is 54.7 Å². The molecule has 1 atom stereocenters. The number of methoxy groups -OCH3 is 1. The summed E-state index contributed by atoms with van der Waals surface area (Å²) in [5.41, 5.74) is 2.17. The third-order valence-electron chi connectivity index (χ3n) is 6.51. The summed E-state index contributed by atoms with van der Waals surface area (Å²) in [7, 11) is 1.48. The zero-order valence-corrected chi connectivity index (χ0v) is 18.8. The number of hydrogen-bond donors (Lipinski definition) is 3. The van der Waals surface area contributed by atoms with E-state index in [4.69, 9.17) is 4.74 Å². The quantitative estimate of drug-likeness (QED) is 0.365. The standard InChI is InChI=1S/C24H30O6/c1-11-12(2)21(27)19(13(3)20(11)26)17(25)10-9-16-22(30-8)14(4)18(23(28)29)15(5)24(16,6)7/h9-10,16,26-27H,1-8H3,(H,28,29). The van der Waals surface area contributed by atoms with Crippen LogP contribution in [0.2, 0.25) is 0 Å². The molecule has 6 heteroatoms. The number of carboxylic acids is 1. The molecule has 162 valence electrons. The van der Waals surface area contributed by atoms with Gasteiger partial charge in [-0.05, 0) is 57.2 Å². The number of ether oxygens (including phenoxy) is 1. The molecule has 0 bridgehead atoms. The lowest BCUT2D eigenvalue weighted by Gasteiger charge is -2.40. The largest absolute Gasteiger partial charge is 0.507 e. The van der Waals surface area contributed by atoms with Gasteiger partial charge in [0.25, 0.3) is 0 Å². The highest BCUT2D eigenvalue weighted by atomic mass is 16.5. The van der Waals surface area contributed by atoms with E-state index in [1.807, 2.05) is 13.8 Å². The Hall–Kier alpha value is -3.02. The van der Waals surface area contributed by atoms with Crippen molar-refractivity contribution in [2.75, 3.05) is 7.11 Å². The average Bonchev–Trinajstić information content (AvgIpc) is 2.66. The summed E-state index contributed by atoms with van der Waals surface area (Å²) in [6, 6.07) is 0. The lowest BCUT2D eigenvalue weighted by atomic mass is 9.66. The first-order valence-electron chi connectivity index (χ1n) is 9.72. The Bertz CT molecular complexity index is 992.